The van der Waals surface area contributed by atoms with E-state index in [4.69, 9.17) is 0 Å². The molecule has 0 saturated carbocycles. The highest BCUT2D eigenvalue weighted by atomic mass is 32.2. The Hall–Kier alpha value is -1.37. The third kappa shape index (κ3) is 4.09. The van der Waals surface area contributed by atoms with Gasteiger partial charge in [-0.25, -0.2) is 4.98 Å². The van der Waals surface area contributed by atoms with Gasteiger partial charge in [-0.15, -0.1) is 23.1 Å². The number of carbonyl (C=O) groups is 1. The third-order valence-corrected chi connectivity index (χ3v) is 5.37. The monoisotopic (exact) mass is 333 g/mol. The number of thioether (sulfide) groups is 1. The number of rotatable bonds is 5. The molecule has 1 saturated heterocycles. The van der Waals surface area contributed by atoms with Gasteiger partial charge in [-0.2, -0.15) is 0 Å². The topological polar surface area (TPSA) is 54.0 Å². The van der Waals surface area contributed by atoms with Gasteiger partial charge in [-0.3, -0.25) is 4.79 Å². The molecule has 0 unspecified atom stereocenters. The number of nitrogens with zero attached hydrogens (tertiary/aromatic N) is 1. The maximum atomic E-state index is 12.5. The molecule has 1 aromatic carbocycles. The average molecular weight is 333 g/mol. The van der Waals surface area contributed by atoms with Crippen LogP contribution in [0.2, 0.25) is 0 Å². The summed E-state index contributed by atoms with van der Waals surface area (Å²) in [6.07, 6.45) is 2.16. The van der Waals surface area contributed by atoms with E-state index in [-0.39, 0.29) is 11.9 Å². The smallest absolute Gasteiger partial charge is 0.252 e. The van der Waals surface area contributed by atoms with Crippen LogP contribution in [0.25, 0.3) is 0 Å². The summed E-state index contributed by atoms with van der Waals surface area (Å²) in [4.78, 5) is 17.8. The molecule has 1 aromatic heterocycles. The number of amides is 1. The molecule has 0 radical (unpaired) electrons. The van der Waals surface area contributed by atoms with Crippen LogP contribution in [0.5, 0.6) is 0 Å². The van der Waals surface area contributed by atoms with E-state index in [0.717, 1.165) is 47.8 Å². The molecule has 1 fully saturated rings. The summed E-state index contributed by atoms with van der Waals surface area (Å²) in [5.41, 5.74) is 3.65. The van der Waals surface area contributed by atoms with Crippen LogP contribution in [0.4, 0.5) is 0 Å². The normalized spacial score (nSPS) is 18.1. The molecule has 116 valence electrons. The van der Waals surface area contributed by atoms with Gasteiger partial charge >= 0.3 is 0 Å². The van der Waals surface area contributed by atoms with E-state index in [1.165, 1.54) is 0 Å². The van der Waals surface area contributed by atoms with Crippen molar-refractivity contribution in [3.05, 3.63) is 46.4 Å². The van der Waals surface area contributed by atoms with Crippen molar-refractivity contribution in [2.45, 2.75) is 29.5 Å². The number of nitrogens with one attached hydrogen (secondary N) is 2. The minimum Gasteiger partial charge on any atom is -0.348 e. The molecule has 3 rings (SSSR count). The van der Waals surface area contributed by atoms with Gasteiger partial charge in [-0.1, -0.05) is 12.1 Å². The zero-order chi connectivity index (χ0) is 15.2. The lowest BCUT2D eigenvalue weighted by Crippen LogP contribution is -2.45. The highest BCUT2D eigenvalue weighted by molar-refractivity contribution is 7.98. The van der Waals surface area contributed by atoms with Crippen LogP contribution in [0.15, 0.2) is 40.1 Å². The van der Waals surface area contributed by atoms with Crippen LogP contribution in [0, 0.1) is 0 Å². The Kier molecular flexibility index (Phi) is 5.48. The Morgan fingerprint density at radius 3 is 3.14 bits per heavy atom. The Morgan fingerprint density at radius 1 is 1.45 bits per heavy atom. The molecule has 0 aliphatic carbocycles. The van der Waals surface area contributed by atoms with E-state index >= 15 is 0 Å². The molecule has 1 aliphatic heterocycles. The SMILES string of the molecule is O=C(N[C@H]1CCCNC1)c1ccccc1SCc1cscn1. The highest BCUT2D eigenvalue weighted by Crippen LogP contribution is 2.26. The van der Waals surface area contributed by atoms with Gasteiger partial charge in [-0.05, 0) is 31.5 Å². The first kappa shape index (κ1) is 15.5. The molecule has 1 atom stereocenters. The van der Waals surface area contributed by atoms with Gasteiger partial charge < -0.3 is 10.6 Å². The second-order valence-corrected chi connectivity index (χ2v) is 7.02. The van der Waals surface area contributed by atoms with Gasteiger partial charge in [0.15, 0.2) is 0 Å². The number of hydrogen-bond donors (Lipinski definition) is 2. The molecule has 1 amide bonds. The summed E-state index contributed by atoms with van der Waals surface area (Å²) in [7, 11) is 0. The maximum absolute atomic E-state index is 12.5. The molecule has 4 nitrogen and oxygen atoms in total. The van der Waals surface area contributed by atoms with Crippen LogP contribution >= 0.6 is 23.1 Å². The van der Waals surface area contributed by atoms with Crippen LogP contribution in [0.3, 0.4) is 0 Å². The first-order valence-electron chi connectivity index (χ1n) is 7.43. The van der Waals surface area contributed by atoms with Crippen molar-refractivity contribution in [3.8, 4) is 0 Å². The van der Waals surface area contributed by atoms with E-state index in [2.05, 4.69) is 15.6 Å². The quantitative estimate of drug-likeness (QED) is 0.826. The Bertz CT molecular complexity index is 610. The van der Waals surface area contributed by atoms with Gasteiger partial charge in [0.2, 0.25) is 0 Å². The van der Waals surface area contributed by atoms with Crippen molar-refractivity contribution in [1.29, 1.82) is 0 Å². The van der Waals surface area contributed by atoms with Crippen LogP contribution < -0.4 is 10.6 Å². The summed E-state index contributed by atoms with van der Waals surface area (Å²) in [5.74, 6) is 0.814. The number of carbonyl (C=O) groups excluding carboxylic acids is 1. The molecule has 6 heteroatoms. The second kappa shape index (κ2) is 7.76. The summed E-state index contributed by atoms with van der Waals surface area (Å²) >= 11 is 3.26. The van der Waals surface area contributed by atoms with Crippen LogP contribution in [0.1, 0.15) is 28.9 Å². The zero-order valence-corrected chi connectivity index (χ0v) is 13.9. The van der Waals surface area contributed by atoms with Crippen LogP contribution in [-0.4, -0.2) is 30.0 Å². The summed E-state index contributed by atoms with van der Waals surface area (Å²) < 4.78 is 0. The average Bonchev–Trinajstić information content (AvgIpc) is 3.07. The fourth-order valence-electron chi connectivity index (χ4n) is 2.48. The van der Waals surface area contributed by atoms with Crippen molar-refractivity contribution in [2.24, 2.45) is 0 Å². The van der Waals surface area contributed by atoms with E-state index in [1.807, 2.05) is 35.2 Å². The number of benzene rings is 1. The predicted octanol–water partition coefficient (Wildman–Crippen LogP) is 2.92. The first-order chi connectivity index (χ1) is 10.8. The fraction of sp³-hybridized carbons (Fsp3) is 0.375. The van der Waals surface area contributed by atoms with Crippen molar-refractivity contribution < 1.29 is 4.79 Å². The van der Waals surface area contributed by atoms with E-state index in [0.29, 0.717) is 0 Å². The second-order valence-electron chi connectivity index (χ2n) is 5.28. The largest absolute Gasteiger partial charge is 0.348 e. The zero-order valence-electron chi connectivity index (χ0n) is 12.2. The summed E-state index contributed by atoms with van der Waals surface area (Å²) in [6.45, 7) is 1.91. The molecular weight excluding hydrogens is 314 g/mol. The van der Waals surface area contributed by atoms with Crippen molar-refractivity contribution in [1.82, 2.24) is 15.6 Å². The molecular formula is C16H19N3OS2. The Labute approximate surface area is 138 Å². The standard InChI is InChI=1S/C16H19N3OS2/c20-16(19-12-4-3-7-17-8-12)14-5-1-2-6-15(14)22-10-13-9-21-11-18-13/h1-2,5-6,9,11-12,17H,3-4,7-8,10H2,(H,19,20)/t12-/m0/s1. The maximum Gasteiger partial charge on any atom is 0.252 e. The summed E-state index contributed by atoms with van der Waals surface area (Å²) in [5, 5.41) is 8.51. The molecule has 1 aliphatic rings. The van der Waals surface area contributed by atoms with E-state index in [9.17, 15) is 4.79 Å². The Morgan fingerprint density at radius 2 is 2.36 bits per heavy atom. The van der Waals surface area contributed by atoms with Gasteiger partial charge in [0.25, 0.3) is 5.91 Å². The minimum atomic E-state index is 0.0232. The molecule has 2 aromatic rings. The first-order valence-corrected chi connectivity index (χ1v) is 9.36. The lowest BCUT2D eigenvalue weighted by molar-refractivity contribution is 0.0927. The Balaban J connectivity index is 1.65. The molecule has 22 heavy (non-hydrogen) atoms. The lowest BCUT2D eigenvalue weighted by Gasteiger charge is -2.24. The molecule has 0 spiro atoms. The molecule has 0 bridgehead atoms. The fourth-order valence-corrected chi connectivity index (χ4v) is 4.09. The van der Waals surface area contributed by atoms with E-state index < -0.39 is 0 Å². The lowest BCUT2D eigenvalue weighted by atomic mass is 10.1. The van der Waals surface area contributed by atoms with Crippen LogP contribution in [-0.2, 0) is 5.75 Å². The van der Waals surface area contributed by atoms with E-state index in [1.54, 1.807) is 23.1 Å². The van der Waals surface area contributed by atoms with Crippen molar-refractivity contribution >= 4 is 29.0 Å². The predicted molar refractivity (Wildman–Crippen MR) is 91.5 cm³/mol. The number of thiazole rings is 1. The number of piperidine rings is 1. The van der Waals surface area contributed by atoms with Crippen molar-refractivity contribution in [3.63, 3.8) is 0 Å². The van der Waals surface area contributed by atoms with Gasteiger partial charge in [0.1, 0.15) is 0 Å². The molecule has 2 N–H and O–H groups in total. The minimum absolute atomic E-state index is 0.0232. The summed E-state index contributed by atoms with van der Waals surface area (Å²) in [6, 6.07) is 8.03. The number of hydrogen-bond acceptors (Lipinski definition) is 5. The third-order valence-electron chi connectivity index (χ3n) is 3.62. The van der Waals surface area contributed by atoms with Gasteiger partial charge in [0, 0.05) is 28.6 Å². The number of aromatic nitrogens is 1. The van der Waals surface area contributed by atoms with Crippen molar-refractivity contribution in [2.75, 3.05) is 13.1 Å². The highest BCUT2D eigenvalue weighted by Gasteiger charge is 2.18. The van der Waals surface area contributed by atoms with Gasteiger partial charge in [0.05, 0.1) is 16.8 Å². The molecule has 2 heterocycles.